The van der Waals surface area contributed by atoms with E-state index in [1.165, 1.54) is 4.90 Å². The molecule has 4 aliphatic rings. The SMILES string of the molecule is CN(C(=O)C1=C[C@H]2OCO[C@H]2[C@H](OC(=O)c2cccc(C=CC3CCC4OC4C3)c2)C1)[C@H](Cc1ccccc1)C(=O)N[C@H](CO)CCC(=O)OC(C)(C)C. The molecule has 0 aromatic heterocycles. The maximum absolute atomic E-state index is 14.2. The summed E-state index contributed by atoms with van der Waals surface area (Å²) in [7, 11) is 1.55. The lowest BCUT2D eigenvalue weighted by Crippen LogP contribution is -2.53. The van der Waals surface area contributed by atoms with Crippen LogP contribution in [0.25, 0.3) is 6.08 Å². The van der Waals surface area contributed by atoms with Gasteiger partial charge in [0, 0.05) is 31.9 Å². The number of carbonyl (C=O) groups excluding carboxylic acids is 4. The second kappa shape index (κ2) is 17.4. The fourth-order valence-corrected chi connectivity index (χ4v) is 7.35. The molecule has 2 heterocycles. The third-order valence-electron chi connectivity index (χ3n) is 10.3. The molecule has 3 fully saturated rings. The van der Waals surface area contributed by atoms with E-state index < -0.39 is 66.4 Å². The zero-order valence-corrected chi connectivity index (χ0v) is 31.5. The lowest BCUT2D eigenvalue weighted by molar-refractivity contribution is -0.155. The van der Waals surface area contributed by atoms with Gasteiger partial charge in [0.05, 0.1) is 30.4 Å². The molecule has 290 valence electrons. The Labute approximate surface area is 316 Å². The van der Waals surface area contributed by atoms with Gasteiger partial charge >= 0.3 is 11.9 Å². The number of fused-ring (bicyclic) bond motifs is 2. The van der Waals surface area contributed by atoms with Crippen LogP contribution in [0.4, 0.5) is 0 Å². The smallest absolute Gasteiger partial charge is 0.338 e. The number of nitrogens with zero attached hydrogens (tertiary/aromatic N) is 1. The predicted molar refractivity (Wildman–Crippen MR) is 199 cm³/mol. The quantitative estimate of drug-likeness (QED) is 0.209. The molecule has 2 amide bonds. The van der Waals surface area contributed by atoms with Crippen LogP contribution >= 0.6 is 0 Å². The number of aliphatic hydroxyl groups excluding tert-OH is 1. The van der Waals surface area contributed by atoms with Crippen molar-refractivity contribution in [1.29, 1.82) is 0 Å². The number of amides is 2. The number of rotatable bonds is 14. The molecule has 6 rings (SSSR count). The number of ether oxygens (including phenoxy) is 5. The van der Waals surface area contributed by atoms with E-state index >= 15 is 0 Å². The van der Waals surface area contributed by atoms with Gasteiger partial charge in [0.2, 0.25) is 11.8 Å². The molecule has 2 N–H and O–H groups in total. The number of hydrogen-bond acceptors (Lipinski definition) is 10. The van der Waals surface area contributed by atoms with Gasteiger partial charge in [-0.05, 0) is 81.7 Å². The summed E-state index contributed by atoms with van der Waals surface area (Å²) in [4.78, 5) is 55.3. The highest BCUT2D eigenvalue weighted by atomic mass is 16.7. The van der Waals surface area contributed by atoms with Crippen LogP contribution in [0, 0.1) is 5.92 Å². The van der Waals surface area contributed by atoms with E-state index in [9.17, 15) is 24.3 Å². The Kier molecular flexibility index (Phi) is 12.7. The molecule has 8 atom stereocenters. The van der Waals surface area contributed by atoms with Gasteiger partial charge in [-0.25, -0.2) is 4.79 Å². The zero-order chi connectivity index (χ0) is 38.4. The van der Waals surface area contributed by atoms with Crippen molar-refractivity contribution in [1.82, 2.24) is 10.2 Å². The summed E-state index contributed by atoms with van der Waals surface area (Å²) >= 11 is 0. The number of aliphatic hydroxyl groups is 1. The van der Waals surface area contributed by atoms with Gasteiger partial charge in [-0.3, -0.25) is 14.4 Å². The Morgan fingerprint density at radius 2 is 1.83 bits per heavy atom. The Bertz CT molecular complexity index is 1720. The molecule has 2 aromatic rings. The summed E-state index contributed by atoms with van der Waals surface area (Å²) in [5, 5.41) is 12.9. The topological polar surface area (TPSA) is 153 Å². The van der Waals surface area contributed by atoms with Crippen molar-refractivity contribution in [2.45, 2.75) is 114 Å². The summed E-state index contributed by atoms with van der Waals surface area (Å²) in [5.74, 6) is -1.46. The van der Waals surface area contributed by atoms with Crippen molar-refractivity contribution in [2.24, 2.45) is 5.92 Å². The second-order valence-corrected chi connectivity index (χ2v) is 15.6. The molecule has 2 aliphatic carbocycles. The minimum absolute atomic E-state index is 0.00343. The highest BCUT2D eigenvalue weighted by molar-refractivity contribution is 5.97. The van der Waals surface area contributed by atoms with Crippen LogP contribution in [-0.4, -0.2) is 102 Å². The summed E-state index contributed by atoms with van der Waals surface area (Å²) in [6.45, 7) is 4.88. The average Bonchev–Trinajstić information content (AvgIpc) is 3.77. The van der Waals surface area contributed by atoms with Gasteiger partial charge in [-0.2, -0.15) is 0 Å². The van der Waals surface area contributed by atoms with Gasteiger partial charge in [0.1, 0.15) is 36.7 Å². The number of allylic oxidation sites excluding steroid dienone is 1. The predicted octanol–water partition coefficient (Wildman–Crippen LogP) is 4.53. The summed E-state index contributed by atoms with van der Waals surface area (Å²) in [6, 6.07) is 14.8. The van der Waals surface area contributed by atoms with E-state index in [1.807, 2.05) is 48.5 Å². The van der Waals surface area contributed by atoms with Crippen molar-refractivity contribution in [3.8, 4) is 0 Å². The van der Waals surface area contributed by atoms with Crippen molar-refractivity contribution in [2.75, 3.05) is 20.4 Å². The van der Waals surface area contributed by atoms with E-state index in [4.69, 9.17) is 23.7 Å². The number of epoxide rings is 1. The van der Waals surface area contributed by atoms with Crippen molar-refractivity contribution >= 4 is 29.8 Å². The molecule has 54 heavy (non-hydrogen) atoms. The average molecular weight is 745 g/mol. The van der Waals surface area contributed by atoms with Gasteiger partial charge < -0.3 is 39.0 Å². The van der Waals surface area contributed by atoms with Gasteiger partial charge in [-0.1, -0.05) is 54.6 Å². The van der Waals surface area contributed by atoms with Gasteiger partial charge in [0.25, 0.3) is 0 Å². The van der Waals surface area contributed by atoms with Gasteiger partial charge in [-0.15, -0.1) is 0 Å². The van der Waals surface area contributed by atoms with Crippen LogP contribution in [0.15, 0.2) is 72.3 Å². The lowest BCUT2D eigenvalue weighted by atomic mass is 9.88. The molecule has 2 aromatic carbocycles. The van der Waals surface area contributed by atoms with Crippen LogP contribution < -0.4 is 5.32 Å². The fraction of sp³-hybridized carbons (Fsp3) is 0.524. The monoisotopic (exact) mass is 744 g/mol. The number of esters is 2. The van der Waals surface area contributed by atoms with Crippen LogP contribution in [0.2, 0.25) is 0 Å². The second-order valence-electron chi connectivity index (χ2n) is 15.6. The van der Waals surface area contributed by atoms with Crippen LogP contribution in [-0.2, 0) is 44.5 Å². The first-order chi connectivity index (χ1) is 25.9. The lowest BCUT2D eigenvalue weighted by Gasteiger charge is -2.34. The largest absolute Gasteiger partial charge is 0.460 e. The minimum Gasteiger partial charge on any atom is -0.460 e. The number of carbonyl (C=O) groups is 4. The van der Waals surface area contributed by atoms with Crippen LogP contribution in [0.1, 0.15) is 80.8 Å². The fourth-order valence-electron chi connectivity index (χ4n) is 7.35. The first-order valence-corrected chi connectivity index (χ1v) is 18.9. The highest BCUT2D eigenvalue weighted by Crippen LogP contribution is 2.40. The van der Waals surface area contributed by atoms with E-state index in [0.29, 0.717) is 29.3 Å². The normalized spacial score (nSPS) is 25.8. The molecular formula is C42H52N2O10. The first kappa shape index (κ1) is 39.3. The molecule has 2 saturated heterocycles. The van der Waals surface area contributed by atoms with E-state index in [-0.39, 0.29) is 32.5 Å². The summed E-state index contributed by atoms with van der Waals surface area (Å²) in [5.41, 5.74) is 1.75. The molecule has 0 bridgehead atoms. The Morgan fingerprint density at radius 3 is 2.57 bits per heavy atom. The molecule has 1 saturated carbocycles. The van der Waals surface area contributed by atoms with Crippen LogP contribution in [0.5, 0.6) is 0 Å². The van der Waals surface area contributed by atoms with Crippen molar-refractivity contribution in [3.63, 3.8) is 0 Å². The molecule has 0 radical (unpaired) electrons. The van der Waals surface area contributed by atoms with Crippen LogP contribution in [0.3, 0.4) is 0 Å². The molecule has 3 unspecified atom stereocenters. The molecule has 12 heteroatoms. The number of benzene rings is 2. The Morgan fingerprint density at radius 1 is 1.04 bits per heavy atom. The molecule has 0 spiro atoms. The molecule has 12 nitrogen and oxygen atoms in total. The number of likely N-dealkylation sites (N-methyl/N-ethyl adjacent to an activating group) is 1. The van der Waals surface area contributed by atoms with E-state index in [0.717, 1.165) is 30.4 Å². The first-order valence-electron chi connectivity index (χ1n) is 18.9. The van der Waals surface area contributed by atoms with Crippen molar-refractivity contribution in [3.05, 3.63) is 89.0 Å². The van der Waals surface area contributed by atoms with Crippen molar-refractivity contribution < 1.29 is 48.0 Å². The molecule has 2 aliphatic heterocycles. The maximum atomic E-state index is 14.2. The van der Waals surface area contributed by atoms with E-state index in [1.54, 1.807) is 46.0 Å². The summed E-state index contributed by atoms with van der Waals surface area (Å²) < 4.78 is 28.7. The third-order valence-corrected chi connectivity index (χ3v) is 10.3. The summed E-state index contributed by atoms with van der Waals surface area (Å²) in [6.07, 6.45) is 8.28. The number of nitrogens with one attached hydrogen (secondary N) is 1. The van der Waals surface area contributed by atoms with Gasteiger partial charge in [0.15, 0.2) is 0 Å². The number of hydrogen-bond donors (Lipinski definition) is 2. The standard InChI is InChI=1S/C42H52N2O10/c1-42(2,3)54-37(46)18-16-31(24-45)43-39(47)32(20-26-9-6-5-7-10-26)44(4)40(48)30-22-35-38(51-25-50-35)36(23-30)53-41(49)29-12-8-11-27(19-29)13-14-28-15-17-33-34(21-28)52-33/h5-14,19,22,28,31-36,38,45H,15-18,20-21,23-25H2,1-4H3,(H,43,47)/t28?,31-,32+,33?,34?,35+,36+,38+/m0/s1. The molecular weight excluding hydrogens is 692 g/mol. The Balaban J connectivity index is 1.13. The third kappa shape index (κ3) is 10.4. The zero-order valence-electron chi connectivity index (χ0n) is 31.5. The highest BCUT2D eigenvalue weighted by Gasteiger charge is 2.44. The van der Waals surface area contributed by atoms with E-state index in [2.05, 4.69) is 11.4 Å². The minimum atomic E-state index is -0.974. The maximum Gasteiger partial charge on any atom is 0.338 e. The Hall–Kier alpha value is -4.36.